The van der Waals surface area contributed by atoms with E-state index in [1.165, 1.54) is 13.2 Å². The maximum atomic E-state index is 12.3. The van der Waals surface area contributed by atoms with Gasteiger partial charge in [-0.2, -0.15) is 0 Å². The standard InChI is InChI=1S/C8H9BrF2N2O/c1-14-6-4(3-9)2-5(7(10)11)13-8(6)12/h2,7H,3H2,1H3,(H2,12,13). The van der Waals surface area contributed by atoms with E-state index in [1.807, 2.05) is 0 Å². The largest absolute Gasteiger partial charge is 0.493 e. The highest BCUT2D eigenvalue weighted by atomic mass is 79.9. The minimum absolute atomic E-state index is 0.0141. The molecule has 1 heterocycles. The molecule has 3 nitrogen and oxygen atoms in total. The first-order valence-corrected chi connectivity index (χ1v) is 4.89. The first-order chi connectivity index (χ1) is 6.60. The molecule has 2 N–H and O–H groups in total. The molecule has 78 valence electrons. The van der Waals surface area contributed by atoms with Crippen LogP contribution in [0.15, 0.2) is 6.07 Å². The lowest BCUT2D eigenvalue weighted by atomic mass is 10.2. The second-order valence-corrected chi connectivity index (χ2v) is 3.12. The van der Waals surface area contributed by atoms with Crippen molar-refractivity contribution in [3.8, 4) is 5.75 Å². The minimum Gasteiger partial charge on any atom is -0.493 e. The molecule has 0 amide bonds. The SMILES string of the molecule is COc1c(CBr)cc(C(F)F)nc1N. The highest BCUT2D eigenvalue weighted by Crippen LogP contribution is 2.30. The van der Waals surface area contributed by atoms with E-state index >= 15 is 0 Å². The Morgan fingerprint density at radius 3 is 2.71 bits per heavy atom. The summed E-state index contributed by atoms with van der Waals surface area (Å²) in [5.74, 6) is 0.325. The number of alkyl halides is 3. The summed E-state index contributed by atoms with van der Waals surface area (Å²) >= 11 is 3.16. The van der Waals surface area contributed by atoms with Crippen LogP contribution in [0.2, 0.25) is 0 Å². The topological polar surface area (TPSA) is 48.1 Å². The van der Waals surface area contributed by atoms with Crippen molar-refractivity contribution in [3.63, 3.8) is 0 Å². The van der Waals surface area contributed by atoms with Crippen LogP contribution in [-0.2, 0) is 5.33 Å². The van der Waals surface area contributed by atoms with E-state index < -0.39 is 6.43 Å². The zero-order chi connectivity index (χ0) is 10.7. The van der Waals surface area contributed by atoms with Crippen LogP contribution in [0.4, 0.5) is 14.6 Å². The molecule has 0 aliphatic heterocycles. The van der Waals surface area contributed by atoms with E-state index in [4.69, 9.17) is 10.5 Å². The van der Waals surface area contributed by atoms with Gasteiger partial charge in [0.1, 0.15) is 5.69 Å². The molecule has 0 radical (unpaired) electrons. The third kappa shape index (κ3) is 2.12. The van der Waals surface area contributed by atoms with Crippen molar-refractivity contribution >= 4 is 21.7 Å². The molecule has 0 spiro atoms. The summed E-state index contributed by atoms with van der Waals surface area (Å²) in [6, 6.07) is 1.27. The fourth-order valence-corrected chi connectivity index (χ4v) is 1.49. The number of hydrogen-bond acceptors (Lipinski definition) is 3. The van der Waals surface area contributed by atoms with Gasteiger partial charge >= 0.3 is 0 Å². The summed E-state index contributed by atoms with van der Waals surface area (Å²) in [6.45, 7) is 0. The third-order valence-corrected chi connectivity index (χ3v) is 2.27. The highest BCUT2D eigenvalue weighted by molar-refractivity contribution is 9.08. The zero-order valence-electron chi connectivity index (χ0n) is 7.43. The quantitative estimate of drug-likeness (QED) is 0.856. The van der Waals surface area contributed by atoms with Gasteiger partial charge in [-0.15, -0.1) is 0 Å². The number of nitrogens with two attached hydrogens (primary N) is 1. The van der Waals surface area contributed by atoms with Gasteiger partial charge in [0.2, 0.25) is 0 Å². The van der Waals surface area contributed by atoms with Crippen molar-refractivity contribution in [1.82, 2.24) is 4.98 Å². The molecule has 0 saturated carbocycles. The molecule has 0 saturated heterocycles. The predicted octanol–water partition coefficient (Wildman–Crippen LogP) is 2.50. The van der Waals surface area contributed by atoms with E-state index in [0.29, 0.717) is 16.6 Å². The summed E-state index contributed by atoms with van der Waals surface area (Å²) in [5.41, 5.74) is 5.69. The molecule has 0 fully saturated rings. The summed E-state index contributed by atoms with van der Waals surface area (Å²) in [5, 5.41) is 0.391. The lowest BCUT2D eigenvalue weighted by Gasteiger charge is -2.10. The lowest BCUT2D eigenvalue weighted by Crippen LogP contribution is -2.03. The maximum Gasteiger partial charge on any atom is 0.280 e. The molecule has 0 aliphatic carbocycles. The Bertz CT molecular complexity index is 333. The number of nitrogens with zero attached hydrogens (tertiary/aromatic N) is 1. The molecule has 1 aromatic heterocycles. The van der Waals surface area contributed by atoms with Gasteiger partial charge in [0.15, 0.2) is 11.6 Å². The van der Waals surface area contributed by atoms with Crippen molar-refractivity contribution in [3.05, 3.63) is 17.3 Å². The van der Waals surface area contributed by atoms with Crippen LogP contribution in [0.3, 0.4) is 0 Å². The van der Waals surface area contributed by atoms with Crippen LogP contribution in [0.1, 0.15) is 17.7 Å². The molecule has 1 rings (SSSR count). The first-order valence-electron chi connectivity index (χ1n) is 3.77. The van der Waals surface area contributed by atoms with Crippen LogP contribution in [0.25, 0.3) is 0 Å². The van der Waals surface area contributed by atoms with Crippen molar-refractivity contribution < 1.29 is 13.5 Å². The second kappa shape index (κ2) is 4.54. The number of rotatable bonds is 3. The Morgan fingerprint density at radius 1 is 1.64 bits per heavy atom. The lowest BCUT2D eigenvalue weighted by molar-refractivity contribution is 0.146. The van der Waals surface area contributed by atoms with Gasteiger partial charge < -0.3 is 10.5 Å². The number of nitrogen functional groups attached to an aromatic ring is 1. The van der Waals surface area contributed by atoms with Crippen molar-refractivity contribution in [2.75, 3.05) is 12.8 Å². The number of pyridine rings is 1. The number of anilines is 1. The fourth-order valence-electron chi connectivity index (χ4n) is 1.08. The van der Waals surface area contributed by atoms with Gasteiger partial charge in [-0.1, -0.05) is 15.9 Å². The van der Waals surface area contributed by atoms with E-state index in [1.54, 1.807) is 0 Å². The maximum absolute atomic E-state index is 12.3. The number of ether oxygens (including phenoxy) is 1. The molecular weight excluding hydrogens is 258 g/mol. The summed E-state index contributed by atoms with van der Waals surface area (Å²) < 4.78 is 29.6. The van der Waals surface area contributed by atoms with Gasteiger partial charge in [-0.25, -0.2) is 13.8 Å². The molecule has 0 aromatic carbocycles. The van der Waals surface area contributed by atoms with Crippen LogP contribution in [0, 0.1) is 0 Å². The van der Waals surface area contributed by atoms with Gasteiger partial charge in [0, 0.05) is 10.9 Å². The smallest absolute Gasteiger partial charge is 0.280 e. The van der Waals surface area contributed by atoms with Gasteiger partial charge in [0.25, 0.3) is 6.43 Å². The summed E-state index contributed by atoms with van der Waals surface area (Å²) in [6.07, 6.45) is -2.62. The van der Waals surface area contributed by atoms with E-state index in [0.717, 1.165) is 0 Å². The Labute approximate surface area is 88.4 Å². The molecule has 0 aliphatic rings. The van der Waals surface area contributed by atoms with E-state index in [-0.39, 0.29) is 11.5 Å². The second-order valence-electron chi connectivity index (χ2n) is 2.56. The summed E-state index contributed by atoms with van der Waals surface area (Å²) in [7, 11) is 1.42. The molecule has 6 heteroatoms. The van der Waals surface area contributed by atoms with Crippen LogP contribution >= 0.6 is 15.9 Å². The average molecular weight is 267 g/mol. The summed E-state index contributed by atoms with van der Waals surface area (Å²) in [4.78, 5) is 3.53. The molecule has 0 unspecified atom stereocenters. The Hall–Kier alpha value is -0.910. The number of hydrogen-bond donors (Lipinski definition) is 1. The van der Waals surface area contributed by atoms with Crippen molar-refractivity contribution in [2.45, 2.75) is 11.8 Å². The number of methoxy groups -OCH3 is 1. The highest BCUT2D eigenvalue weighted by Gasteiger charge is 2.15. The van der Waals surface area contributed by atoms with Crippen molar-refractivity contribution in [2.24, 2.45) is 0 Å². The van der Waals surface area contributed by atoms with E-state index in [2.05, 4.69) is 20.9 Å². The Morgan fingerprint density at radius 2 is 2.29 bits per heavy atom. The number of halogens is 3. The van der Waals surface area contributed by atoms with Crippen LogP contribution < -0.4 is 10.5 Å². The number of aromatic nitrogens is 1. The molecule has 0 bridgehead atoms. The van der Waals surface area contributed by atoms with Crippen LogP contribution in [-0.4, -0.2) is 12.1 Å². The van der Waals surface area contributed by atoms with Crippen molar-refractivity contribution in [1.29, 1.82) is 0 Å². The van der Waals surface area contributed by atoms with Crippen LogP contribution in [0.5, 0.6) is 5.75 Å². The average Bonchev–Trinajstić information content (AvgIpc) is 2.16. The first kappa shape index (κ1) is 11.2. The van der Waals surface area contributed by atoms with E-state index in [9.17, 15) is 8.78 Å². The Balaban J connectivity index is 3.24. The Kier molecular flexibility index (Phi) is 3.62. The fraction of sp³-hybridized carbons (Fsp3) is 0.375. The molecule has 1 aromatic rings. The third-order valence-electron chi connectivity index (χ3n) is 1.67. The molecular formula is C8H9BrF2N2O. The predicted molar refractivity (Wildman–Crippen MR) is 52.8 cm³/mol. The molecule has 14 heavy (non-hydrogen) atoms. The molecule has 0 atom stereocenters. The normalized spacial score (nSPS) is 10.6. The zero-order valence-corrected chi connectivity index (χ0v) is 9.01. The van der Waals surface area contributed by atoms with Gasteiger partial charge in [-0.05, 0) is 6.07 Å². The van der Waals surface area contributed by atoms with Gasteiger partial charge in [0.05, 0.1) is 7.11 Å². The monoisotopic (exact) mass is 266 g/mol. The minimum atomic E-state index is -2.62. The van der Waals surface area contributed by atoms with Gasteiger partial charge in [-0.3, -0.25) is 0 Å².